The van der Waals surface area contributed by atoms with Crippen molar-refractivity contribution in [2.75, 3.05) is 55.6 Å². The molecule has 7 heteroatoms. The SMILES string of the molecule is O=C(NC[C@@H]1CCN(c2ccccc2)C1)N1CCN(c2cnccn2)CC1. The van der Waals surface area contributed by atoms with Gasteiger partial charge in [-0.25, -0.2) is 9.78 Å². The summed E-state index contributed by atoms with van der Waals surface area (Å²) >= 11 is 0. The van der Waals surface area contributed by atoms with E-state index in [1.807, 2.05) is 11.0 Å². The van der Waals surface area contributed by atoms with E-state index in [0.717, 1.165) is 45.0 Å². The monoisotopic (exact) mass is 366 g/mol. The molecule has 0 saturated carbocycles. The number of benzene rings is 1. The van der Waals surface area contributed by atoms with E-state index in [-0.39, 0.29) is 6.03 Å². The summed E-state index contributed by atoms with van der Waals surface area (Å²) in [6.45, 7) is 5.81. The lowest BCUT2D eigenvalue weighted by Gasteiger charge is -2.35. The van der Waals surface area contributed by atoms with Gasteiger partial charge in [0.1, 0.15) is 5.82 Å². The molecule has 0 unspecified atom stereocenters. The van der Waals surface area contributed by atoms with Gasteiger partial charge in [-0.15, -0.1) is 0 Å². The number of carbonyl (C=O) groups is 1. The largest absolute Gasteiger partial charge is 0.371 e. The van der Waals surface area contributed by atoms with Crippen LogP contribution >= 0.6 is 0 Å². The molecule has 2 aliphatic heterocycles. The number of nitrogens with one attached hydrogen (secondary N) is 1. The minimum Gasteiger partial charge on any atom is -0.371 e. The van der Waals surface area contributed by atoms with Crippen molar-refractivity contribution in [1.82, 2.24) is 20.2 Å². The van der Waals surface area contributed by atoms with Gasteiger partial charge >= 0.3 is 6.03 Å². The summed E-state index contributed by atoms with van der Waals surface area (Å²) in [5.74, 6) is 1.39. The molecule has 0 spiro atoms. The summed E-state index contributed by atoms with van der Waals surface area (Å²) in [5, 5.41) is 3.13. The third-order valence-electron chi connectivity index (χ3n) is 5.39. The minimum atomic E-state index is 0.0481. The second-order valence-corrected chi connectivity index (χ2v) is 7.16. The number of piperazine rings is 1. The van der Waals surface area contributed by atoms with Crippen LogP contribution in [0.5, 0.6) is 0 Å². The van der Waals surface area contributed by atoms with Gasteiger partial charge in [0.15, 0.2) is 0 Å². The first-order valence-corrected chi connectivity index (χ1v) is 9.63. The van der Waals surface area contributed by atoms with Gasteiger partial charge in [0.2, 0.25) is 0 Å². The van der Waals surface area contributed by atoms with E-state index in [1.54, 1.807) is 18.6 Å². The molecule has 1 aromatic carbocycles. The van der Waals surface area contributed by atoms with E-state index < -0.39 is 0 Å². The van der Waals surface area contributed by atoms with Gasteiger partial charge < -0.3 is 20.0 Å². The van der Waals surface area contributed by atoms with Crippen molar-refractivity contribution in [2.24, 2.45) is 5.92 Å². The fraction of sp³-hybridized carbons (Fsp3) is 0.450. The maximum absolute atomic E-state index is 12.5. The fourth-order valence-electron chi connectivity index (χ4n) is 3.81. The van der Waals surface area contributed by atoms with Crippen molar-refractivity contribution >= 4 is 17.5 Å². The standard InChI is InChI=1S/C20H26N6O/c27-20(25-12-10-24(11-13-25)19-15-21-7-8-22-19)23-14-17-6-9-26(16-17)18-4-2-1-3-5-18/h1-5,7-8,15,17H,6,9-14,16H2,(H,23,27)/t17-/m0/s1. The Hall–Kier alpha value is -2.83. The molecule has 4 rings (SSSR count). The Kier molecular flexibility index (Phi) is 5.37. The fourth-order valence-corrected chi connectivity index (χ4v) is 3.81. The van der Waals surface area contributed by atoms with Gasteiger partial charge in [-0.05, 0) is 24.5 Å². The minimum absolute atomic E-state index is 0.0481. The average molecular weight is 366 g/mol. The summed E-state index contributed by atoms with van der Waals surface area (Å²) < 4.78 is 0. The smallest absolute Gasteiger partial charge is 0.317 e. The number of anilines is 2. The Morgan fingerprint density at radius 2 is 1.85 bits per heavy atom. The third kappa shape index (κ3) is 4.30. The van der Waals surface area contributed by atoms with Crippen molar-refractivity contribution in [2.45, 2.75) is 6.42 Å². The average Bonchev–Trinajstić information content (AvgIpc) is 3.22. The first kappa shape index (κ1) is 17.6. The lowest BCUT2D eigenvalue weighted by Crippen LogP contribution is -2.52. The molecule has 2 amide bonds. The number of hydrogen-bond donors (Lipinski definition) is 1. The quantitative estimate of drug-likeness (QED) is 0.894. The highest BCUT2D eigenvalue weighted by Crippen LogP contribution is 2.23. The Bertz CT molecular complexity index is 733. The van der Waals surface area contributed by atoms with E-state index in [4.69, 9.17) is 0 Å². The molecule has 1 aromatic heterocycles. The van der Waals surface area contributed by atoms with E-state index in [1.165, 1.54) is 5.69 Å². The van der Waals surface area contributed by atoms with Crippen LogP contribution in [-0.2, 0) is 0 Å². The van der Waals surface area contributed by atoms with Gasteiger partial charge in [-0.2, -0.15) is 0 Å². The van der Waals surface area contributed by atoms with E-state index in [2.05, 4.69) is 49.4 Å². The van der Waals surface area contributed by atoms with Crippen LogP contribution in [0.4, 0.5) is 16.3 Å². The molecule has 1 atom stereocenters. The molecule has 3 heterocycles. The normalized spacial score (nSPS) is 20.0. The Morgan fingerprint density at radius 3 is 2.59 bits per heavy atom. The topological polar surface area (TPSA) is 64.6 Å². The van der Waals surface area contributed by atoms with E-state index >= 15 is 0 Å². The molecule has 0 radical (unpaired) electrons. The number of aromatic nitrogens is 2. The van der Waals surface area contributed by atoms with E-state index in [9.17, 15) is 4.79 Å². The molecule has 2 aromatic rings. The van der Waals surface area contributed by atoms with Gasteiger partial charge in [-0.1, -0.05) is 18.2 Å². The van der Waals surface area contributed by atoms with Gasteiger partial charge in [-0.3, -0.25) is 4.98 Å². The Morgan fingerprint density at radius 1 is 1.04 bits per heavy atom. The van der Waals surface area contributed by atoms with Gasteiger partial charge in [0.05, 0.1) is 6.20 Å². The van der Waals surface area contributed by atoms with Gasteiger partial charge in [0.25, 0.3) is 0 Å². The number of hydrogen-bond acceptors (Lipinski definition) is 5. The first-order chi connectivity index (χ1) is 13.3. The lowest BCUT2D eigenvalue weighted by atomic mass is 10.1. The van der Waals surface area contributed by atoms with Crippen LogP contribution < -0.4 is 15.1 Å². The van der Waals surface area contributed by atoms with Crippen molar-refractivity contribution < 1.29 is 4.79 Å². The molecule has 0 aliphatic carbocycles. The Balaban J connectivity index is 1.20. The number of amides is 2. The molecule has 2 saturated heterocycles. The summed E-state index contributed by atoms with van der Waals surface area (Å²) in [6, 6.07) is 10.5. The third-order valence-corrected chi connectivity index (χ3v) is 5.39. The number of urea groups is 1. The number of carbonyl (C=O) groups excluding carboxylic acids is 1. The molecule has 2 fully saturated rings. The Labute approximate surface area is 160 Å². The number of rotatable bonds is 4. The first-order valence-electron chi connectivity index (χ1n) is 9.63. The molecular weight excluding hydrogens is 340 g/mol. The highest BCUT2D eigenvalue weighted by molar-refractivity contribution is 5.74. The second-order valence-electron chi connectivity index (χ2n) is 7.16. The molecule has 0 bridgehead atoms. The van der Waals surface area contributed by atoms with Crippen molar-refractivity contribution in [3.05, 3.63) is 48.9 Å². The van der Waals surface area contributed by atoms with Crippen LogP contribution in [-0.4, -0.2) is 66.7 Å². The highest BCUT2D eigenvalue weighted by Gasteiger charge is 2.25. The summed E-state index contributed by atoms with van der Waals surface area (Å²) in [5.41, 5.74) is 1.27. The molecule has 142 valence electrons. The van der Waals surface area contributed by atoms with Crippen molar-refractivity contribution in [3.63, 3.8) is 0 Å². The summed E-state index contributed by atoms with van der Waals surface area (Å²) in [6.07, 6.45) is 6.27. The second kappa shape index (κ2) is 8.24. The molecule has 7 nitrogen and oxygen atoms in total. The van der Waals surface area contributed by atoms with Crippen LogP contribution in [0.1, 0.15) is 6.42 Å². The molecule has 1 N–H and O–H groups in total. The van der Waals surface area contributed by atoms with E-state index in [0.29, 0.717) is 19.0 Å². The highest BCUT2D eigenvalue weighted by atomic mass is 16.2. The predicted octanol–water partition coefficient (Wildman–Crippen LogP) is 1.83. The summed E-state index contributed by atoms with van der Waals surface area (Å²) in [4.78, 5) is 27.4. The summed E-state index contributed by atoms with van der Waals surface area (Å²) in [7, 11) is 0. The molecule has 27 heavy (non-hydrogen) atoms. The van der Waals surface area contributed by atoms with Crippen molar-refractivity contribution in [1.29, 1.82) is 0 Å². The number of nitrogens with zero attached hydrogens (tertiary/aromatic N) is 5. The van der Waals surface area contributed by atoms with Crippen LogP contribution in [0.3, 0.4) is 0 Å². The zero-order chi connectivity index (χ0) is 18.5. The maximum Gasteiger partial charge on any atom is 0.317 e. The lowest BCUT2D eigenvalue weighted by molar-refractivity contribution is 0.192. The van der Waals surface area contributed by atoms with Gasteiger partial charge in [0, 0.05) is 63.9 Å². The zero-order valence-corrected chi connectivity index (χ0v) is 15.5. The predicted molar refractivity (Wildman–Crippen MR) is 106 cm³/mol. The van der Waals surface area contributed by atoms with Crippen LogP contribution in [0.25, 0.3) is 0 Å². The zero-order valence-electron chi connectivity index (χ0n) is 15.5. The molecule has 2 aliphatic rings. The van der Waals surface area contributed by atoms with Crippen LogP contribution in [0.15, 0.2) is 48.9 Å². The maximum atomic E-state index is 12.5. The molecular formula is C20H26N6O. The van der Waals surface area contributed by atoms with Crippen molar-refractivity contribution in [3.8, 4) is 0 Å². The number of para-hydroxylation sites is 1. The van der Waals surface area contributed by atoms with Crippen LogP contribution in [0, 0.1) is 5.92 Å². The van der Waals surface area contributed by atoms with Crippen LogP contribution in [0.2, 0.25) is 0 Å².